The number of rotatable bonds is 1. The van der Waals surface area contributed by atoms with Gasteiger partial charge in [0.2, 0.25) is 0 Å². The molecule has 0 saturated heterocycles. The fraction of sp³-hybridized carbons (Fsp3) is 1.00. The smallest absolute Gasteiger partial charge is 0.0573 e. The summed E-state index contributed by atoms with van der Waals surface area (Å²) in [7, 11) is 0. The largest absolute Gasteiger partial charge is 0.396 e. The highest BCUT2D eigenvalue weighted by Gasteiger charge is 2.46. The molecule has 2 nitrogen and oxygen atoms in total. The number of fused-ring (bicyclic) bond motifs is 1. The minimum Gasteiger partial charge on any atom is -0.396 e. The molecule has 0 aromatic carbocycles. The lowest BCUT2D eigenvalue weighted by Gasteiger charge is -2.36. The van der Waals surface area contributed by atoms with Crippen molar-refractivity contribution < 1.29 is 10.2 Å². The van der Waals surface area contributed by atoms with Gasteiger partial charge in [0.15, 0.2) is 0 Å². The number of hydrogen-bond donors (Lipinski definition) is 2. The molecule has 2 saturated carbocycles. The van der Waals surface area contributed by atoms with Gasteiger partial charge in [-0.3, -0.25) is 0 Å². The van der Waals surface area contributed by atoms with Gasteiger partial charge in [0, 0.05) is 6.61 Å². The van der Waals surface area contributed by atoms with Crippen LogP contribution < -0.4 is 0 Å². The second kappa shape index (κ2) is 2.21. The molecule has 0 aromatic heterocycles. The molecule has 0 spiro atoms. The third-order valence-corrected chi connectivity index (χ3v) is 3.14. The summed E-state index contributed by atoms with van der Waals surface area (Å²) in [6, 6.07) is 0. The summed E-state index contributed by atoms with van der Waals surface area (Å²) in [6.45, 7) is 0.319. The minimum atomic E-state index is -0.0402. The van der Waals surface area contributed by atoms with Crippen LogP contribution in [0.15, 0.2) is 0 Å². The maximum Gasteiger partial charge on any atom is 0.0573 e. The van der Waals surface area contributed by atoms with E-state index < -0.39 is 0 Å². The quantitative estimate of drug-likeness (QED) is 0.556. The van der Waals surface area contributed by atoms with Crippen LogP contribution in [0.4, 0.5) is 0 Å². The fourth-order valence-electron chi connectivity index (χ4n) is 2.46. The zero-order valence-corrected chi connectivity index (χ0v) is 6.03. The zero-order valence-electron chi connectivity index (χ0n) is 6.03. The van der Waals surface area contributed by atoms with Gasteiger partial charge in [-0.25, -0.2) is 0 Å². The molecule has 2 aliphatic rings. The average Bonchev–Trinajstić information content (AvgIpc) is 2.26. The monoisotopic (exact) mass is 142 g/mol. The molecule has 0 radical (unpaired) electrons. The number of hydrogen-bond acceptors (Lipinski definition) is 2. The van der Waals surface area contributed by atoms with Gasteiger partial charge < -0.3 is 10.2 Å². The molecule has 2 rings (SSSR count). The van der Waals surface area contributed by atoms with E-state index in [-0.39, 0.29) is 6.10 Å². The standard InChI is InChI=1S/C8H14O2/c9-4-5-1-6-3-8(10)7(6)2-5/h5-10H,1-4H2/t5?,6-,7-,8?/m0/s1. The lowest BCUT2D eigenvalue weighted by atomic mass is 9.74. The van der Waals surface area contributed by atoms with Gasteiger partial charge >= 0.3 is 0 Å². The van der Waals surface area contributed by atoms with Crippen molar-refractivity contribution in [3.63, 3.8) is 0 Å². The van der Waals surface area contributed by atoms with E-state index in [0.717, 1.165) is 25.2 Å². The molecule has 0 aliphatic heterocycles. The Bertz CT molecular complexity index is 135. The van der Waals surface area contributed by atoms with Crippen LogP contribution in [0, 0.1) is 17.8 Å². The van der Waals surface area contributed by atoms with Crippen molar-refractivity contribution in [1.29, 1.82) is 0 Å². The Hall–Kier alpha value is -0.0800. The summed E-state index contributed by atoms with van der Waals surface area (Å²) in [6.07, 6.45) is 3.16. The molecule has 0 bridgehead atoms. The predicted molar refractivity (Wildman–Crippen MR) is 37.4 cm³/mol. The molecule has 2 unspecified atom stereocenters. The molecule has 2 N–H and O–H groups in total. The van der Waals surface area contributed by atoms with Crippen molar-refractivity contribution in [2.45, 2.75) is 25.4 Å². The van der Waals surface area contributed by atoms with E-state index in [4.69, 9.17) is 5.11 Å². The molecular weight excluding hydrogens is 128 g/mol. The molecule has 10 heavy (non-hydrogen) atoms. The van der Waals surface area contributed by atoms with Crippen molar-refractivity contribution in [1.82, 2.24) is 0 Å². The van der Waals surface area contributed by atoms with E-state index in [1.807, 2.05) is 0 Å². The van der Waals surface area contributed by atoms with Crippen LogP contribution in [-0.4, -0.2) is 22.9 Å². The van der Waals surface area contributed by atoms with Crippen LogP contribution >= 0.6 is 0 Å². The number of aliphatic hydroxyl groups excluding tert-OH is 2. The lowest BCUT2D eigenvalue weighted by molar-refractivity contribution is -0.0147. The second-order valence-corrected chi connectivity index (χ2v) is 3.75. The first-order chi connectivity index (χ1) is 4.81. The molecular formula is C8H14O2. The van der Waals surface area contributed by atoms with Gasteiger partial charge in [-0.2, -0.15) is 0 Å². The lowest BCUT2D eigenvalue weighted by Crippen LogP contribution is -2.37. The van der Waals surface area contributed by atoms with Crippen LogP contribution in [0.1, 0.15) is 19.3 Å². The molecule has 2 heteroatoms. The summed E-state index contributed by atoms with van der Waals surface area (Å²) in [5, 5.41) is 18.1. The van der Waals surface area contributed by atoms with Gasteiger partial charge in [0.25, 0.3) is 0 Å². The van der Waals surface area contributed by atoms with Gasteiger partial charge in [-0.05, 0) is 37.0 Å². The third kappa shape index (κ3) is 0.789. The van der Waals surface area contributed by atoms with Crippen LogP contribution in [0.25, 0.3) is 0 Å². The first-order valence-electron chi connectivity index (χ1n) is 4.10. The van der Waals surface area contributed by atoms with Crippen molar-refractivity contribution in [3.05, 3.63) is 0 Å². The van der Waals surface area contributed by atoms with Crippen LogP contribution in [0.2, 0.25) is 0 Å². The maximum absolute atomic E-state index is 9.25. The van der Waals surface area contributed by atoms with Crippen LogP contribution in [0.5, 0.6) is 0 Å². The first kappa shape index (κ1) is 6.62. The Morgan fingerprint density at radius 1 is 1.20 bits per heavy atom. The van der Waals surface area contributed by atoms with Gasteiger partial charge in [-0.1, -0.05) is 0 Å². The maximum atomic E-state index is 9.25. The van der Waals surface area contributed by atoms with Crippen molar-refractivity contribution in [3.8, 4) is 0 Å². The normalized spacial score (nSPS) is 52.2. The highest BCUT2D eigenvalue weighted by Crippen LogP contribution is 2.49. The fourth-order valence-corrected chi connectivity index (χ4v) is 2.46. The molecule has 58 valence electrons. The summed E-state index contributed by atoms with van der Waals surface area (Å²) < 4.78 is 0. The summed E-state index contributed by atoms with van der Waals surface area (Å²) >= 11 is 0. The van der Waals surface area contributed by atoms with E-state index in [1.165, 1.54) is 0 Å². The Kier molecular flexibility index (Phi) is 1.46. The topological polar surface area (TPSA) is 40.5 Å². The Balaban J connectivity index is 1.93. The van der Waals surface area contributed by atoms with Crippen molar-refractivity contribution in [2.75, 3.05) is 6.61 Å². The highest BCUT2D eigenvalue weighted by molar-refractivity contribution is 4.96. The predicted octanol–water partition coefficient (Wildman–Crippen LogP) is 0.386. The zero-order chi connectivity index (χ0) is 7.14. The van der Waals surface area contributed by atoms with E-state index in [2.05, 4.69) is 0 Å². The second-order valence-electron chi connectivity index (χ2n) is 3.75. The molecule has 2 aliphatic carbocycles. The molecule has 0 amide bonds. The van der Waals surface area contributed by atoms with Crippen LogP contribution in [-0.2, 0) is 0 Å². The highest BCUT2D eigenvalue weighted by atomic mass is 16.3. The summed E-state index contributed by atoms with van der Waals surface area (Å²) in [5.41, 5.74) is 0. The number of aliphatic hydroxyl groups is 2. The summed E-state index contributed by atoms with van der Waals surface area (Å²) in [4.78, 5) is 0. The van der Waals surface area contributed by atoms with Gasteiger partial charge in [0.05, 0.1) is 6.10 Å². The third-order valence-electron chi connectivity index (χ3n) is 3.14. The van der Waals surface area contributed by atoms with E-state index in [0.29, 0.717) is 18.4 Å². The van der Waals surface area contributed by atoms with E-state index >= 15 is 0 Å². The minimum absolute atomic E-state index is 0.0402. The average molecular weight is 142 g/mol. The van der Waals surface area contributed by atoms with E-state index in [1.54, 1.807) is 0 Å². The van der Waals surface area contributed by atoms with Gasteiger partial charge in [0.1, 0.15) is 0 Å². The molecule has 0 aromatic rings. The molecule has 4 atom stereocenters. The van der Waals surface area contributed by atoms with Gasteiger partial charge in [-0.15, -0.1) is 0 Å². The Morgan fingerprint density at radius 2 is 2.00 bits per heavy atom. The van der Waals surface area contributed by atoms with Crippen molar-refractivity contribution in [2.24, 2.45) is 17.8 Å². The molecule has 0 heterocycles. The van der Waals surface area contributed by atoms with Crippen molar-refractivity contribution >= 4 is 0 Å². The first-order valence-corrected chi connectivity index (χ1v) is 4.10. The van der Waals surface area contributed by atoms with E-state index in [9.17, 15) is 5.11 Å². The Morgan fingerprint density at radius 3 is 2.50 bits per heavy atom. The summed E-state index contributed by atoms with van der Waals surface area (Å²) in [5.74, 6) is 1.77. The van der Waals surface area contributed by atoms with Crippen LogP contribution in [0.3, 0.4) is 0 Å². The Labute approximate surface area is 60.9 Å². The SMILES string of the molecule is OCC1C[C@H]2CC(O)[C@H]2C1. The molecule has 2 fully saturated rings.